The van der Waals surface area contributed by atoms with E-state index in [2.05, 4.69) is 16.2 Å². The Balaban J connectivity index is -0.000000180. The molecule has 0 N–H and O–H groups in total. The molecule has 0 unspecified atom stereocenters. The maximum atomic E-state index is 9.89. The fraction of sp³-hybridized carbons (Fsp3) is 0.500. The van der Waals surface area contributed by atoms with E-state index < -0.39 is 10.8 Å². The Morgan fingerprint density at radius 3 is 2.00 bits per heavy atom. The second-order valence-corrected chi connectivity index (χ2v) is 1.95. The van der Waals surface area contributed by atoms with E-state index in [1.165, 1.54) is 0 Å². The third kappa shape index (κ3) is 6.10. The van der Waals surface area contributed by atoms with Gasteiger partial charge in [-0.2, -0.15) is 0 Å². The van der Waals surface area contributed by atoms with Gasteiger partial charge in [-0.05, 0) is 0 Å². The van der Waals surface area contributed by atoms with E-state index in [4.69, 9.17) is 23.2 Å². The van der Waals surface area contributed by atoms with Crippen LogP contribution in [0.15, 0.2) is 0 Å². The predicted octanol–water partition coefficient (Wildman–Crippen LogP) is -1.40. The van der Waals surface area contributed by atoms with Gasteiger partial charge in [0.25, 0.3) is 0 Å². The van der Waals surface area contributed by atoms with Gasteiger partial charge in [0.15, 0.2) is 0 Å². The van der Waals surface area contributed by atoms with Gasteiger partial charge in [-0.3, -0.25) is 0 Å². The number of hydrogen-bond acceptors (Lipinski definition) is 2. The molecule has 0 saturated heterocycles. The Morgan fingerprint density at radius 2 is 2.00 bits per heavy atom. The molecule has 8 heavy (non-hydrogen) atoms. The Morgan fingerprint density at radius 1 is 1.62 bits per heavy atom. The van der Waals surface area contributed by atoms with Crippen LogP contribution >= 0.6 is 35.1 Å². The van der Waals surface area contributed by atoms with Crippen LogP contribution in [-0.2, 0) is 9.08 Å². The molecular formula is C2H2Cl3KO2. The Kier molecular flexibility index (Phi) is 11.2. The zero-order valence-electron chi connectivity index (χ0n) is 5.03. The number of rotatable bonds is 1. The maximum Gasteiger partial charge on any atom is 1.00 e. The SMILES string of the molecule is O=C(OCl)C(Cl)Cl.[H-].[K+]. The smallest absolute Gasteiger partial charge is 1.00 e. The molecule has 0 amide bonds. The van der Waals surface area contributed by atoms with Gasteiger partial charge in [0.2, 0.25) is 4.84 Å². The molecule has 0 aliphatic rings. The predicted molar refractivity (Wildman–Crippen MR) is 28.6 cm³/mol. The van der Waals surface area contributed by atoms with Crippen LogP contribution in [0.5, 0.6) is 0 Å². The van der Waals surface area contributed by atoms with Gasteiger partial charge in [-0.1, -0.05) is 23.2 Å². The number of carbonyl (C=O) groups is 1. The summed E-state index contributed by atoms with van der Waals surface area (Å²) in [5.74, 6) is -0.856. The van der Waals surface area contributed by atoms with Gasteiger partial charge >= 0.3 is 57.4 Å². The van der Waals surface area contributed by atoms with Crippen molar-refractivity contribution in [2.45, 2.75) is 4.84 Å². The molecule has 0 atom stereocenters. The zero-order chi connectivity index (χ0) is 5.86. The van der Waals surface area contributed by atoms with Gasteiger partial charge < -0.3 is 5.72 Å². The second-order valence-electron chi connectivity index (χ2n) is 0.697. The number of halogens is 3. The second kappa shape index (κ2) is 7.09. The molecule has 0 rings (SSSR count). The van der Waals surface area contributed by atoms with Crippen molar-refractivity contribution in [2.24, 2.45) is 0 Å². The number of carbonyl (C=O) groups excluding carboxylic acids is 1. The van der Waals surface area contributed by atoms with E-state index in [0.29, 0.717) is 0 Å². The Hall–Kier alpha value is 1.98. The van der Waals surface area contributed by atoms with Crippen LogP contribution in [0, 0.1) is 0 Å². The van der Waals surface area contributed by atoms with Crippen LogP contribution in [0.3, 0.4) is 0 Å². The van der Waals surface area contributed by atoms with Crippen molar-refractivity contribution in [3.05, 3.63) is 0 Å². The topological polar surface area (TPSA) is 26.3 Å². The molecule has 0 bridgehead atoms. The van der Waals surface area contributed by atoms with Gasteiger partial charge in [0, 0.05) is 0 Å². The minimum atomic E-state index is -1.18. The van der Waals surface area contributed by atoms with E-state index in [1.807, 2.05) is 0 Å². The molecule has 44 valence electrons. The summed E-state index contributed by atoms with van der Waals surface area (Å²) in [7, 11) is 0. The summed E-state index contributed by atoms with van der Waals surface area (Å²) in [5.41, 5.74) is 0. The molecular weight excluding hydrogens is 201 g/mol. The largest absolute Gasteiger partial charge is 1.00 e. The minimum Gasteiger partial charge on any atom is -1.00 e. The first-order valence-electron chi connectivity index (χ1n) is 1.29. The normalized spacial score (nSPS) is 8.00. The average Bonchev–Trinajstić information content (AvgIpc) is 1.65. The minimum absolute atomic E-state index is 0. The van der Waals surface area contributed by atoms with Crippen molar-refractivity contribution in [2.75, 3.05) is 0 Å². The van der Waals surface area contributed by atoms with E-state index in [-0.39, 0.29) is 52.8 Å². The van der Waals surface area contributed by atoms with Gasteiger partial charge in [0.05, 0.1) is 0 Å². The third-order valence-electron chi connectivity index (χ3n) is 0.254. The molecule has 2 nitrogen and oxygen atoms in total. The van der Waals surface area contributed by atoms with Crippen LogP contribution in [0.2, 0.25) is 0 Å². The molecule has 0 radical (unpaired) electrons. The standard InChI is InChI=1S/C2HCl3O2.K.H/c3-1(4)2(6)7-5;;/h1H;;/q;+1;-1. The van der Waals surface area contributed by atoms with Crippen LogP contribution in [0.4, 0.5) is 0 Å². The van der Waals surface area contributed by atoms with E-state index in [0.717, 1.165) is 0 Å². The Bertz CT molecular complexity index is 80.2. The van der Waals surface area contributed by atoms with Crippen molar-refractivity contribution in [1.82, 2.24) is 0 Å². The summed E-state index contributed by atoms with van der Waals surface area (Å²) in [6.45, 7) is 0. The number of alkyl halides is 2. The van der Waals surface area contributed by atoms with E-state index >= 15 is 0 Å². The fourth-order valence-corrected chi connectivity index (χ4v) is 0.303. The summed E-state index contributed by atoms with van der Waals surface area (Å²) in [6, 6.07) is 0. The van der Waals surface area contributed by atoms with E-state index in [9.17, 15) is 4.79 Å². The Labute approximate surface area is 106 Å². The van der Waals surface area contributed by atoms with E-state index in [1.54, 1.807) is 0 Å². The summed E-state index contributed by atoms with van der Waals surface area (Å²) >= 11 is 14.4. The number of hydrogen-bond donors (Lipinski definition) is 0. The first kappa shape index (κ1) is 12.6. The molecule has 0 saturated carbocycles. The zero-order valence-corrected chi connectivity index (χ0v) is 9.42. The first-order valence-corrected chi connectivity index (χ1v) is 2.47. The van der Waals surface area contributed by atoms with Crippen molar-refractivity contribution in [1.29, 1.82) is 0 Å². The van der Waals surface area contributed by atoms with Gasteiger partial charge in [-0.25, -0.2) is 4.79 Å². The summed E-state index contributed by atoms with van der Waals surface area (Å²) < 4.78 is 3.58. The molecule has 0 heterocycles. The summed E-state index contributed by atoms with van der Waals surface area (Å²) in [4.78, 5) is 8.71. The molecule has 0 aromatic heterocycles. The van der Waals surface area contributed by atoms with Crippen molar-refractivity contribution >= 4 is 41.0 Å². The van der Waals surface area contributed by atoms with Gasteiger partial charge in [-0.15, -0.1) is 0 Å². The molecule has 6 heteroatoms. The van der Waals surface area contributed by atoms with Gasteiger partial charge in [0.1, 0.15) is 11.9 Å². The average molecular weight is 203 g/mol. The third-order valence-corrected chi connectivity index (χ3v) is 0.763. The fourth-order valence-electron chi connectivity index (χ4n) is 0.0337. The quantitative estimate of drug-likeness (QED) is 0.387. The molecule has 0 aliphatic heterocycles. The molecule has 0 spiro atoms. The summed E-state index contributed by atoms with van der Waals surface area (Å²) in [6.07, 6.45) is 0. The maximum absolute atomic E-state index is 9.89. The molecule has 0 aromatic rings. The van der Waals surface area contributed by atoms with Crippen molar-refractivity contribution < 1.29 is 61.9 Å². The monoisotopic (exact) mass is 202 g/mol. The van der Waals surface area contributed by atoms with Crippen LogP contribution in [0.25, 0.3) is 0 Å². The van der Waals surface area contributed by atoms with Crippen molar-refractivity contribution in [3.63, 3.8) is 0 Å². The molecule has 0 fully saturated rings. The van der Waals surface area contributed by atoms with Crippen LogP contribution < -0.4 is 51.4 Å². The summed E-state index contributed by atoms with van der Waals surface area (Å²) in [5, 5.41) is 0. The van der Waals surface area contributed by atoms with Crippen molar-refractivity contribution in [3.8, 4) is 0 Å². The molecule has 0 aliphatic carbocycles. The van der Waals surface area contributed by atoms with Crippen LogP contribution in [-0.4, -0.2) is 10.8 Å². The first-order chi connectivity index (χ1) is 3.18. The van der Waals surface area contributed by atoms with Crippen LogP contribution in [0.1, 0.15) is 1.43 Å². The molecule has 0 aromatic carbocycles.